The topological polar surface area (TPSA) is 0 Å². The summed E-state index contributed by atoms with van der Waals surface area (Å²) in [6.45, 7) is 8.08. The summed E-state index contributed by atoms with van der Waals surface area (Å²) in [6.07, 6.45) is 10.7. The highest BCUT2D eigenvalue weighted by Crippen LogP contribution is 2.10. The van der Waals surface area contributed by atoms with Gasteiger partial charge in [-0.05, 0) is 19.8 Å². The van der Waals surface area contributed by atoms with E-state index in [0.717, 1.165) is 0 Å². The lowest BCUT2D eigenvalue weighted by atomic mass is 10.1. The van der Waals surface area contributed by atoms with E-state index in [1.807, 2.05) is 6.08 Å². The monoisotopic (exact) mass is 152 g/mol. The van der Waals surface area contributed by atoms with Crippen molar-refractivity contribution in [3.63, 3.8) is 0 Å². The first-order chi connectivity index (χ1) is 5.35. The van der Waals surface area contributed by atoms with E-state index in [9.17, 15) is 0 Å². The fourth-order valence-corrected chi connectivity index (χ4v) is 1.12. The van der Waals surface area contributed by atoms with Gasteiger partial charge in [0.25, 0.3) is 0 Å². The Morgan fingerprint density at radius 1 is 1.27 bits per heavy atom. The predicted octanol–water partition coefficient (Wildman–Crippen LogP) is 4.09. The minimum Gasteiger partial charge on any atom is -0.0988 e. The maximum Gasteiger partial charge on any atom is -0.0282 e. The highest BCUT2D eigenvalue weighted by molar-refractivity contribution is 5.14. The third-order valence-electron chi connectivity index (χ3n) is 1.95. The molecule has 0 saturated heterocycles. The van der Waals surface area contributed by atoms with Crippen LogP contribution in [0, 0.1) is 0 Å². The fourth-order valence-electron chi connectivity index (χ4n) is 1.12. The molecule has 0 atom stereocenters. The SMILES string of the molecule is C=C/C(=C\C)CCCCCC. The van der Waals surface area contributed by atoms with Gasteiger partial charge < -0.3 is 0 Å². The minimum absolute atomic E-state index is 1.21. The molecule has 0 aromatic rings. The summed E-state index contributed by atoms with van der Waals surface area (Å²) in [5.74, 6) is 0. The summed E-state index contributed by atoms with van der Waals surface area (Å²) in [5.41, 5.74) is 1.39. The van der Waals surface area contributed by atoms with E-state index in [4.69, 9.17) is 0 Å². The largest absolute Gasteiger partial charge is 0.0988 e. The van der Waals surface area contributed by atoms with Gasteiger partial charge in [0.2, 0.25) is 0 Å². The zero-order valence-corrected chi connectivity index (χ0v) is 7.90. The molecule has 0 bridgehead atoms. The maximum atomic E-state index is 3.76. The average Bonchev–Trinajstić information content (AvgIpc) is 2.05. The lowest BCUT2D eigenvalue weighted by molar-refractivity contribution is 0.668. The van der Waals surface area contributed by atoms with Crippen molar-refractivity contribution >= 4 is 0 Å². The Hall–Kier alpha value is -0.520. The maximum absolute atomic E-state index is 3.76. The van der Waals surface area contributed by atoms with Crippen molar-refractivity contribution in [3.05, 3.63) is 24.3 Å². The van der Waals surface area contributed by atoms with Crippen LogP contribution in [0.4, 0.5) is 0 Å². The van der Waals surface area contributed by atoms with Gasteiger partial charge in [-0.25, -0.2) is 0 Å². The molecule has 0 unspecified atom stereocenters. The summed E-state index contributed by atoms with van der Waals surface area (Å²) in [5, 5.41) is 0. The number of allylic oxidation sites excluding steroid dienone is 3. The molecule has 0 radical (unpaired) electrons. The molecule has 0 spiro atoms. The zero-order valence-electron chi connectivity index (χ0n) is 7.90. The van der Waals surface area contributed by atoms with E-state index in [0.29, 0.717) is 0 Å². The third kappa shape index (κ3) is 5.90. The van der Waals surface area contributed by atoms with Crippen molar-refractivity contribution in [2.75, 3.05) is 0 Å². The third-order valence-corrected chi connectivity index (χ3v) is 1.95. The van der Waals surface area contributed by atoms with Crippen LogP contribution < -0.4 is 0 Å². The smallest absolute Gasteiger partial charge is 0.0282 e. The van der Waals surface area contributed by atoms with Gasteiger partial charge in [-0.15, -0.1) is 0 Å². The highest BCUT2D eigenvalue weighted by atomic mass is 14.0. The summed E-state index contributed by atoms with van der Waals surface area (Å²) < 4.78 is 0. The van der Waals surface area contributed by atoms with E-state index in [-0.39, 0.29) is 0 Å². The van der Waals surface area contributed by atoms with Crippen LogP contribution in [-0.4, -0.2) is 0 Å². The Morgan fingerprint density at radius 3 is 2.45 bits per heavy atom. The van der Waals surface area contributed by atoms with E-state index in [1.54, 1.807) is 0 Å². The number of hydrogen-bond donors (Lipinski definition) is 0. The van der Waals surface area contributed by atoms with Crippen LogP contribution in [0.5, 0.6) is 0 Å². The molecule has 0 fully saturated rings. The Kier molecular flexibility index (Phi) is 7.23. The first-order valence-corrected chi connectivity index (χ1v) is 4.62. The highest BCUT2D eigenvalue weighted by Gasteiger charge is 1.90. The van der Waals surface area contributed by atoms with Crippen molar-refractivity contribution in [1.82, 2.24) is 0 Å². The second-order valence-corrected chi connectivity index (χ2v) is 2.88. The first kappa shape index (κ1) is 10.5. The van der Waals surface area contributed by atoms with Crippen LogP contribution in [0.15, 0.2) is 24.3 Å². The number of hydrogen-bond acceptors (Lipinski definition) is 0. The van der Waals surface area contributed by atoms with Crippen molar-refractivity contribution in [2.24, 2.45) is 0 Å². The van der Waals surface area contributed by atoms with Gasteiger partial charge in [-0.2, -0.15) is 0 Å². The quantitative estimate of drug-likeness (QED) is 0.397. The van der Waals surface area contributed by atoms with Crippen molar-refractivity contribution in [3.8, 4) is 0 Å². The molecule has 0 aliphatic carbocycles. The van der Waals surface area contributed by atoms with Gasteiger partial charge in [0.1, 0.15) is 0 Å². The molecule has 0 nitrogen and oxygen atoms in total. The van der Waals surface area contributed by atoms with E-state index in [2.05, 4.69) is 26.5 Å². The van der Waals surface area contributed by atoms with Crippen LogP contribution >= 0.6 is 0 Å². The van der Waals surface area contributed by atoms with E-state index >= 15 is 0 Å². The Labute approximate surface area is 71.0 Å². The lowest BCUT2D eigenvalue weighted by Crippen LogP contribution is -1.79. The molecular formula is C11H20. The molecule has 0 saturated carbocycles. The fraction of sp³-hybridized carbons (Fsp3) is 0.636. The molecule has 0 aliphatic heterocycles. The summed E-state index contributed by atoms with van der Waals surface area (Å²) in [4.78, 5) is 0. The molecule has 0 heteroatoms. The van der Waals surface area contributed by atoms with Gasteiger partial charge in [-0.3, -0.25) is 0 Å². The Morgan fingerprint density at radius 2 is 2.00 bits per heavy atom. The molecule has 11 heavy (non-hydrogen) atoms. The molecule has 0 N–H and O–H groups in total. The second-order valence-electron chi connectivity index (χ2n) is 2.88. The van der Waals surface area contributed by atoms with Crippen molar-refractivity contribution in [2.45, 2.75) is 46.0 Å². The van der Waals surface area contributed by atoms with Crippen LogP contribution in [0.3, 0.4) is 0 Å². The van der Waals surface area contributed by atoms with Crippen LogP contribution in [0.2, 0.25) is 0 Å². The molecule has 0 rings (SSSR count). The van der Waals surface area contributed by atoms with E-state index < -0.39 is 0 Å². The van der Waals surface area contributed by atoms with Gasteiger partial charge in [-0.1, -0.05) is 50.5 Å². The molecule has 0 amide bonds. The molecule has 0 aromatic heterocycles. The lowest BCUT2D eigenvalue weighted by Gasteiger charge is -1.99. The van der Waals surface area contributed by atoms with Crippen LogP contribution in [0.1, 0.15) is 46.0 Å². The number of rotatable bonds is 6. The van der Waals surface area contributed by atoms with Gasteiger partial charge in [0.05, 0.1) is 0 Å². The van der Waals surface area contributed by atoms with Gasteiger partial charge in [0, 0.05) is 0 Å². The summed E-state index contributed by atoms with van der Waals surface area (Å²) in [7, 11) is 0. The summed E-state index contributed by atoms with van der Waals surface area (Å²) >= 11 is 0. The molecule has 0 aliphatic rings. The van der Waals surface area contributed by atoms with Crippen molar-refractivity contribution < 1.29 is 0 Å². The summed E-state index contributed by atoms with van der Waals surface area (Å²) in [6, 6.07) is 0. The van der Waals surface area contributed by atoms with Crippen LogP contribution in [0.25, 0.3) is 0 Å². The Balaban J connectivity index is 3.29. The Bertz CT molecular complexity index is 120. The van der Waals surface area contributed by atoms with Gasteiger partial charge in [0.15, 0.2) is 0 Å². The van der Waals surface area contributed by atoms with Crippen LogP contribution in [-0.2, 0) is 0 Å². The first-order valence-electron chi connectivity index (χ1n) is 4.62. The zero-order chi connectivity index (χ0) is 8.53. The van der Waals surface area contributed by atoms with Gasteiger partial charge >= 0.3 is 0 Å². The van der Waals surface area contributed by atoms with E-state index in [1.165, 1.54) is 37.7 Å². The molecule has 0 heterocycles. The predicted molar refractivity (Wildman–Crippen MR) is 52.7 cm³/mol. The van der Waals surface area contributed by atoms with Crippen molar-refractivity contribution in [1.29, 1.82) is 0 Å². The molecule has 0 aromatic carbocycles. The normalized spacial score (nSPS) is 11.6. The number of unbranched alkanes of at least 4 members (excludes halogenated alkanes) is 3. The minimum atomic E-state index is 1.21. The average molecular weight is 152 g/mol. The molecule has 64 valence electrons. The standard InChI is InChI=1S/C11H20/c1-4-7-8-9-10-11(5-2)6-3/h5-6H,2,4,7-10H2,1,3H3/b11-6+. The molecular weight excluding hydrogens is 132 g/mol. The second kappa shape index (κ2) is 7.59.